The standard InChI is InChI=1S/C19H27N3O2.ClH/c1-2-6-18(23)22-12-5-9-17(22)19(24)21-13-16-15-8-4-3-7-14(15)10-11-20-16;/h3-4,7-8,16-17,20H,2,5-6,9-13H2,1H3,(H,21,24);1H. The van der Waals surface area contributed by atoms with Crippen molar-refractivity contribution in [3.05, 3.63) is 35.4 Å². The Morgan fingerprint density at radius 1 is 1.32 bits per heavy atom. The van der Waals surface area contributed by atoms with Crippen LogP contribution in [0.15, 0.2) is 24.3 Å². The fourth-order valence-electron chi connectivity index (χ4n) is 3.79. The van der Waals surface area contributed by atoms with E-state index in [-0.39, 0.29) is 36.3 Å². The summed E-state index contributed by atoms with van der Waals surface area (Å²) >= 11 is 0. The second kappa shape index (κ2) is 9.20. The molecule has 3 rings (SSSR count). The summed E-state index contributed by atoms with van der Waals surface area (Å²) in [6.07, 6.45) is 4.07. The highest BCUT2D eigenvalue weighted by Crippen LogP contribution is 2.23. The molecule has 2 heterocycles. The molecule has 6 heteroatoms. The van der Waals surface area contributed by atoms with Gasteiger partial charge in [-0.3, -0.25) is 9.59 Å². The molecule has 2 aliphatic heterocycles. The first-order chi connectivity index (χ1) is 11.7. The minimum Gasteiger partial charge on any atom is -0.352 e. The minimum atomic E-state index is -0.289. The van der Waals surface area contributed by atoms with Crippen LogP contribution in [0, 0.1) is 0 Å². The number of likely N-dealkylation sites (tertiary alicyclic amines) is 1. The van der Waals surface area contributed by atoms with Gasteiger partial charge in [0.05, 0.1) is 0 Å². The first-order valence-electron chi connectivity index (χ1n) is 9.09. The van der Waals surface area contributed by atoms with Crippen LogP contribution in [0.2, 0.25) is 0 Å². The van der Waals surface area contributed by atoms with Crippen molar-refractivity contribution >= 4 is 24.2 Å². The molecular formula is C19H28ClN3O2. The monoisotopic (exact) mass is 365 g/mol. The Labute approximate surface area is 155 Å². The number of benzene rings is 1. The van der Waals surface area contributed by atoms with E-state index in [9.17, 15) is 9.59 Å². The van der Waals surface area contributed by atoms with Crippen LogP contribution in [0.25, 0.3) is 0 Å². The van der Waals surface area contributed by atoms with Gasteiger partial charge in [0.1, 0.15) is 6.04 Å². The highest BCUT2D eigenvalue weighted by molar-refractivity contribution is 5.88. The van der Waals surface area contributed by atoms with Gasteiger partial charge < -0.3 is 15.5 Å². The minimum absolute atomic E-state index is 0. The molecule has 5 nitrogen and oxygen atoms in total. The van der Waals surface area contributed by atoms with Gasteiger partial charge in [0, 0.05) is 25.6 Å². The molecule has 138 valence electrons. The molecule has 0 radical (unpaired) electrons. The molecule has 2 unspecified atom stereocenters. The zero-order chi connectivity index (χ0) is 16.9. The Balaban J connectivity index is 0.00000225. The normalized spacial score (nSPS) is 22.0. The molecule has 2 atom stereocenters. The highest BCUT2D eigenvalue weighted by Gasteiger charge is 2.33. The van der Waals surface area contributed by atoms with Crippen LogP contribution in [-0.2, 0) is 16.0 Å². The number of halogens is 1. The maximum Gasteiger partial charge on any atom is 0.242 e. The SMILES string of the molecule is CCCC(=O)N1CCCC1C(=O)NCC1NCCc2ccccc21.Cl. The third-order valence-electron chi connectivity index (χ3n) is 5.04. The van der Waals surface area contributed by atoms with Crippen molar-refractivity contribution in [2.45, 2.75) is 51.1 Å². The zero-order valence-corrected chi connectivity index (χ0v) is 15.6. The Morgan fingerprint density at radius 3 is 2.92 bits per heavy atom. The lowest BCUT2D eigenvalue weighted by molar-refractivity contribution is -0.138. The van der Waals surface area contributed by atoms with E-state index in [0.29, 0.717) is 19.5 Å². The van der Waals surface area contributed by atoms with E-state index in [4.69, 9.17) is 0 Å². The maximum absolute atomic E-state index is 12.6. The highest BCUT2D eigenvalue weighted by atomic mass is 35.5. The first-order valence-corrected chi connectivity index (χ1v) is 9.09. The molecule has 25 heavy (non-hydrogen) atoms. The third-order valence-corrected chi connectivity index (χ3v) is 5.04. The number of amides is 2. The molecule has 1 aromatic rings. The topological polar surface area (TPSA) is 61.4 Å². The molecule has 1 aromatic carbocycles. The van der Waals surface area contributed by atoms with Crippen molar-refractivity contribution in [3.63, 3.8) is 0 Å². The zero-order valence-electron chi connectivity index (χ0n) is 14.8. The van der Waals surface area contributed by atoms with Crippen molar-refractivity contribution in [3.8, 4) is 0 Å². The Morgan fingerprint density at radius 2 is 2.12 bits per heavy atom. The second-order valence-electron chi connectivity index (χ2n) is 6.70. The number of nitrogens with one attached hydrogen (secondary N) is 2. The molecule has 2 N–H and O–H groups in total. The van der Waals surface area contributed by atoms with Gasteiger partial charge in [-0.05, 0) is 43.4 Å². The number of carbonyl (C=O) groups excluding carboxylic acids is 2. The number of carbonyl (C=O) groups is 2. The predicted molar refractivity (Wildman–Crippen MR) is 101 cm³/mol. The van der Waals surface area contributed by atoms with Crippen LogP contribution in [0.4, 0.5) is 0 Å². The van der Waals surface area contributed by atoms with Gasteiger partial charge >= 0.3 is 0 Å². The molecule has 2 amide bonds. The van der Waals surface area contributed by atoms with Gasteiger partial charge in [0.2, 0.25) is 11.8 Å². The summed E-state index contributed by atoms with van der Waals surface area (Å²) < 4.78 is 0. The molecular weight excluding hydrogens is 338 g/mol. The van der Waals surface area contributed by atoms with E-state index < -0.39 is 0 Å². The largest absolute Gasteiger partial charge is 0.352 e. The second-order valence-corrected chi connectivity index (χ2v) is 6.70. The van der Waals surface area contributed by atoms with E-state index in [1.807, 2.05) is 13.0 Å². The maximum atomic E-state index is 12.6. The summed E-state index contributed by atoms with van der Waals surface area (Å²) in [6, 6.07) is 8.26. The molecule has 2 aliphatic rings. The van der Waals surface area contributed by atoms with Crippen molar-refractivity contribution < 1.29 is 9.59 Å². The molecule has 0 saturated carbocycles. The number of hydrogen-bond donors (Lipinski definition) is 2. The fraction of sp³-hybridized carbons (Fsp3) is 0.579. The number of nitrogens with zero attached hydrogens (tertiary/aromatic N) is 1. The van der Waals surface area contributed by atoms with Gasteiger partial charge in [-0.15, -0.1) is 12.4 Å². The van der Waals surface area contributed by atoms with Crippen molar-refractivity contribution in [2.24, 2.45) is 0 Å². The van der Waals surface area contributed by atoms with Crippen molar-refractivity contribution in [1.82, 2.24) is 15.5 Å². The van der Waals surface area contributed by atoms with E-state index in [0.717, 1.165) is 32.2 Å². The molecule has 0 aliphatic carbocycles. The summed E-state index contributed by atoms with van der Waals surface area (Å²) in [6.45, 7) is 4.21. The average Bonchev–Trinajstić information content (AvgIpc) is 3.10. The molecule has 1 fully saturated rings. The van der Waals surface area contributed by atoms with Crippen molar-refractivity contribution in [1.29, 1.82) is 0 Å². The lowest BCUT2D eigenvalue weighted by Gasteiger charge is -2.29. The summed E-state index contributed by atoms with van der Waals surface area (Å²) in [5, 5.41) is 6.55. The van der Waals surface area contributed by atoms with Gasteiger partial charge in [0.15, 0.2) is 0 Å². The first kappa shape index (κ1) is 19.7. The van der Waals surface area contributed by atoms with E-state index in [2.05, 4.69) is 28.8 Å². The smallest absolute Gasteiger partial charge is 0.242 e. The van der Waals surface area contributed by atoms with E-state index in [1.54, 1.807) is 4.90 Å². The average molecular weight is 366 g/mol. The van der Waals surface area contributed by atoms with Crippen LogP contribution in [-0.4, -0.2) is 42.4 Å². The van der Waals surface area contributed by atoms with Crippen LogP contribution in [0.5, 0.6) is 0 Å². The van der Waals surface area contributed by atoms with Crippen LogP contribution in [0.1, 0.15) is 49.8 Å². The Hall–Kier alpha value is -1.59. The van der Waals surface area contributed by atoms with E-state index in [1.165, 1.54) is 11.1 Å². The summed E-state index contributed by atoms with van der Waals surface area (Å²) in [5.74, 6) is 0.0955. The molecule has 0 aromatic heterocycles. The van der Waals surface area contributed by atoms with Gasteiger partial charge in [-0.2, -0.15) is 0 Å². The Kier molecular flexibility index (Phi) is 7.26. The number of fused-ring (bicyclic) bond motifs is 1. The number of rotatable bonds is 5. The third kappa shape index (κ3) is 4.53. The lowest BCUT2D eigenvalue weighted by atomic mass is 9.94. The summed E-state index contributed by atoms with van der Waals surface area (Å²) in [7, 11) is 0. The summed E-state index contributed by atoms with van der Waals surface area (Å²) in [4.78, 5) is 26.5. The van der Waals surface area contributed by atoms with Crippen molar-refractivity contribution in [2.75, 3.05) is 19.6 Å². The van der Waals surface area contributed by atoms with Gasteiger partial charge in [-0.25, -0.2) is 0 Å². The molecule has 0 spiro atoms. The molecule has 1 saturated heterocycles. The molecule has 0 bridgehead atoms. The lowest BCUT2D eigenvalue weighted by Crippen LogP contribution is -2.48. The predicted octanol–water partition coefficient (Wildman–Crippen LogP) is 2.20. The van der Waals surface area contributed by atoms with Gasteiger partial charge in [0.25, 0.3) is 0 Å². The fourth-order valence-corrected chi connectivity index (χ4v) is 3.79. The number of hydrogen-bond acceptors (Lipinski definition) is 3. The Bertz CT molecular complexity index is 608. The van der Waals surface area contributed by atoms with Crippen LogP contribution >= 0.6 is 12.4 Å². The van der Waals surface area contributed by atoms with E-state index >= 15 is 0 Å². The summed E-state index contributed by atoms with van der Waals surface area (Å²) in [5.41, 5.74) is 2.63. The van der Waals surface area contributed by atoms with Crippen LogP contribution in [0.3, 0.4) is 0 Å². The van der Waals surface area contributed by atoms with Crippen LogP contribution < -0.4 is 10.6 Å². The van der Waals surface area contributed by atoms with Gasteiger partial charge in [-0.1, -0.05) is 31.2 Å². The quantitative estimate of drug-likeness (QED) is 0.841.